The molecule has 0 saturated carbocycles. The van der Waals surface area contributed by atoms with Gasteiger partial charge in [0.1, 0.15) is 9.54 Å². The molecule has 0 radical (unpaired) electrons. The standard InChI is InChI=1S/C14H9BrOS/c15-14-13(16-10-6-2-1-3-7-10)11-8-4-5-9-12(11)17-14/h1-9H. The van der Waals surface area contributed by atoms with Crippen LogP contribution in [0.2, 0.25) is 0 Å². The maximum absolute atomic E-state index is 5.93. The Morgan fingerprint density at radius 3 is 2.41 bits per heavy atom. The van der Waals surface area contributed by atoms with Crippen LogP contribution in [0.1, 0.15) is 0 Å². The van der Waals surface area contributed by atoms with E-state index in [0.29, 0.717) is 0 Å². The molecule has 2 aromatic carbocycles. The Hall–Kier alpha value is -1.32. The smallest absolute Gasteiger partial charge is 0.160 e. The molecule has 0 saturated heterocycles. The number of para-hydroxylation sites is 1. The van der Waals surface area contributed by atoms with Crippen LogP contribution in [-0.4, -0.2) is 0 Å². The Balaban J connectivity index is 2.08. The van der Waals surface area contributed by atoms with Crippen molar-refractivity contribution >= 4 is 37.4 Å². The van der Waals surface area contributed by atoms with Gasteiger partial charge in [-0.25, -0.2) is 0 Å². The first-order valence-corrected chi connectivity index (χ1v) is 6.85. The Morgan fingerprint density at radius 2 is 1.59 bits per heavy atom. The molecular weight excluding hydrogens is 296 g/mol. The molecule has 0 fully saturated rings. The molecule has 1 heterocycles. The minimum Gasteiger partial charge on any atom is -0.455 e. The van der Waals surface area contributed by atoms with Gasteiger partial charge in [0.2, 0.25) is 0 Å². The van der Waals surface area contributed by atoms with E-state index < -0.39 is 0 Å². The van der Waals surface area contributed by atoms with Crippen LogP contribution in [0.5, 0.6) is 11.5 Å². The number of hydrogen-bond acceptors (Lipinski definition) is 2. The van der Waals surface area contributed by atoms with E-state index in [-0.39, 0.29) is 0 Å². The Morgan fingerprint density at radius 1 is 0.882 bits per heavy atom. The zero-order valence-electron chi connectivity index (χ0n) is 8.89. The molecule has 3 aromatic rings. The van der Waals surface area contributed by atoms with Gasteiger partial charge in [-0.05, 0) is 40.2 Å². The molecule has 0 aliphatic rings. The van der Waals surface area contributed by atoms with Gasteiger partial charge in [-0.15, -0.1) is 11.3 Å². The highest BCUT2D eigenvalue weighted by Crippen LogP contribution is 2.43. The predicted octanol–water partition coefficient (Wildman–Crippen LogP) is 5.46. The van der Waals surface area contributed by atoms with Gasteiger partial charge in [0.25, 0.3) is 0 Å². The fourth-order valence-electron chi connectivity index (χ4n) is 1.69. The Kier molecular flexibility index (Phi) is 2.87. The molecule has 3 rings (SSSR count). The lowest BCUT2D eigenvalue weighted by Crippen LogP contribution is -1.82. The maximum Gasteiger partial charge on any atom is 0.160 e. The van der Waals surface area contributed by atoms with Crippen molar-refractivity contribution in [2.75, 3.05) is 0 Å². The van der Waals surface area contributed by atoms with Crippen LogP contribution >= 0.6 is 27.3 Å². The number of rotatable bonds is 2. The van der Waals surface area contributed by atoms with Crippen LogP contribution in [-0.2, 0) is 0 Å². The van der Waals surface area contributed by atoms with Crippen molar-refractivity contribution in [1.82, 2.24) is 0 Å². The number of fused-ring (bicyclic) bond motifs is 1. The molecule has 0 aliphatic heterocycles. The second-order valence-electron chi connectivity index (χ2n) is 3.62. The number of thiophene rings is 1. The van der Waals surface area contributed by atoms with Crippen molar-refractivity contribution in [2.24, 2.45) is 0 Å². The number of halogens is 1. The predicted molar refractivity (Wildman–Crippen MR) is 76.0 cm³/mol. The van der Waals surface area contributed by atoms with E-state index in [1.54, 1.807) is 11.3 Å². The van der Waals surface area contributed by atoms with Crippen molar-refractivity contribution in [3.05, 3.63) is 58.4 Å². The summed E-state index contributed by atoms with van der Waals surface area (Å²) in [6.45, 7) is 0. The van der Waals surface area contributed by atoms with Crippen molar-refractivity contribution in [3.63, 3.8) is 0 Å². The van der Waals surface area contributed by atoms with Crippen molar-refractivity contribution in [2.45, 2.75) is 0 Å². The summed E-state index contributed by atoms with van der Waals surface area (Å²) in [5, 5.41) is 1.15. The lowest BCUT2D eigenvalue weighted by Gasteiger charge is -2.04. The monoisotopic (exact) mass is 304 g/mol. The Labute approximate surface area is 112 Å². The molecule has 3 heteroatoms. The first-order chi connectivity index (χ1) is 8.34. The Bertz CT molecular complexity index is 646. The zero-order chi connectivity index (χ0) is 11.7. The molecule has 0 amide bonds. The third kappa shape index (κ3) is 2.08. The summed E-state index contributed by atoms with van der Waals surface area (Å²) < 4.78 is 8.18. The summed E-state index contributed by atoms with van der Waals surface area (Å²) in [6.07, 6.45) is 0. The lowest BCUT2D eigenvalue weighted by atomic mass is 10.2. The van der Waals surface area contributed by atoms with Gasteiger partial charge < -0.3 is 4.74 Å². The summed E-state index contributed by atoms with van der Waals surface area (Å²) in [7, 11) is 0. The molecule has 0 unspecified atom stereocenters. The second kappa shape index (κ2) is 4.51. The summed E-state index contributed by atoms with van der Waals surface area (Å²) >= 11 is 5.25. The summed E-state index contributed by atoms with van der Waals surface area (Å²) in [4.78, 5) is 0. The summed E-state index contributed by atoms with van der Waals surface area (Å²) in [5.41, 5.74) is 0. The lowest BCUT2D eigenvalue weighted by molar-refractivity contribution is 0.487. The summed E-state index contributed by atoms with van der Waals surface area (Å²) in [5.74, 6) is 1.76. The third-order valence-electron chi connectivity index (χ3n) is 2.47. The van der Waals surface area contributed by atoms with Crippen molar-refractivity contribution < 1.29 is 4.74 Å². The highest BCUT2D eigenvalue weighted by molar-refractivity contribution is 9.11. The molecule has 0 spiro atoms. The SMILES string of the molecule is Brc1sc2ccccc2c1Oc1ccccc1. The molecule has 17 heavy (non-hydrogen) atoms. The van der Waals surface area contributed by atoms with Gasteiger partial charge in [0, 0.05) is 10.1 Å². The molecule has 1 nitrogen and oxygen atoms in total. The van der Waals surface area contributed by atoms with Crippen molar-refractivity contribution in [3.8, 4) is 11.5 Å². The van der Waals surface area contributed by atoms with Crippen LogP contribution in [0.4, 0.5) is 0 Å². The van der Waals surface area contributed by atoms with E-state index in [1.165, 1.54) is 4.70 Å². The quantitative estimate of drug-likeness (QED) is 0.611. The molecule has 0 atom stereocenters. The van der Waals surface area contributed by atoms with Crippen LogP contribution in [0.15, 0.2) is 58.4 Å². The topological polar surface area (TPSA) is 9.23 Å². The van der Waals surface area contributed by atoms with Crippen LogP contribution in [0.25, 0.3) is 10.1 Å². The largest absolute Gasteiger partial charge is 0.455 e. The number of benzene rings is 2. The minimum absolute atomic E-state index is 0.858. The van der Waals surface area contributed by atoms with Gasteiger partial charge >= 0.3 is 0 Å². The van der Waals surface area contributed by atoms with Gasteiger partial charge in [-0.3, -0.25) is 0 Å². The molecule has 84 valence electrons. The highest BCUT2D eigenvalue weighted by Gasteiger charge is 2.11. The van der Waals surface area contributed by atoms with Gasteiger partial charge in [0.15, 0.2) is 5.75 Å². The number of ether oxygens (including phenoxy) is 1. The molecule has 0 bridgehead atoms. The normalized spacial score (nSPS) is 10.6. The van der Waals surface area contributed by atoms with Crippen LogP contribution < -0.4 is 4.74 Å². The summed E-state index contributed by atoms with van der Waals surface area (Å²) in [6, 6.07) is 18.1. The number of hydrogen-bond donors (Lipinski definition) is 0. The molecule has 1 aromatic heterocycles. The average molecular weight is 305 g/mol. The van der Waals surface area contributed by atoms with E-state index >= 15 is 0 Å². The average Bonchev–Trinajstić information content (AvgIpc) is 2.68. The van der Waals surface area contributed by atoms with Crippen molar-refractivity contribution in [1.29, 1.82) is 0 Å². The fraction of sp³-hybridized carbons (Fsp3) is 0. The van der Waals surface area contributed by atoms with E-state index in [2.05, 4.69) is 28.1 Å². The maximum atomic E-state index is 5.93. The van der Waals surface area contributed by atoms with E-state index in [1.807, 2.05) is 42.5 Å². The second-order valence-corrected chi connectivity index (χ2v) is 5.99. The van der Waals surface area contributed by atoms with E-state index in [9.17, 15) is 0 Å². The highest BCUT2D eigenvalue weighted by atomic mass is 79.9. The first kappa shape index (κ1) is 10.8. The first-order valence-electron chi connectivity index (χ1n) is 5.24. The third-order valence-corrected chi connectivity index (χ3v) is 4.26. The van der Waals surface area contributed by atoms with Gasteiger partial charge in [0.05, 0.1) is 0 Å². The molecule has 0 aliphatic carbocycles. The minimum atomic E-state index is 0.858. The molecular formula is C14H9BrOS. The van der Waals surface area contributed by atoms with Gasteiger partial charge in [-0.2, -0.15) is 0 Å². The fourth-order valence-corrected chi connectivity index (χ4v) is 3.37. The van der Waals surface area contributed by atoms with Crippen LogP contribution in [0.3, 0.4) is 0 Å². The van der Waals surface area contributed by atoms with Crippen LogP contribution in [0, 0.1) is 0 Å². The molecule has 0 N–H and O–H groups in total. The zero-order valence-corrected chi connectivity index (χ0v) is 11.3. The van der Waals surface area contributed by atoms with E-state index in [0.717, 1.165) is 20.7 Å². The van der Waals surface area contributed by atoms with E-state index in [4.69, 9.17) is 4.74 Å². The van der Waals surface area contributed by atoms with Gasteiger partial charge in [-0.1, -0.05) is 30.3 Å².